The molecule has 4 aromatic rings. The van der Waals surface area contributed by atoms with E-state index < -0.39 is 21.5 Å². The van der Waals surface area contributed by atoms with Gasteiger partial charge in [-0.3, -0.25) is 4.79 Å². The third-order valence-electron chi connectivity index (χ3n) is 5.01. The molecule has 1 amide bonds. The molecular formula is C26H22ClN5O3S2. The highest BCUT2D eigenvalue weighted by atomic mass is 35.5. The van der Waals surface area contributed by atoms with Gasteiger partial charge in [-0.1, -0.05) is 53.3 Å². The van der Waals surface area contributed by atoms with E-state index in [-0.39, 0.29) is 20.1 Å². The third kappa shape index (κ3) is 6.21. The highest BCUT2D eigenvalue weighted by molar-refractivity contribution is 7.89. The number of benzene rings is 2. The van der Waals surface area contributed by atoms with E-state index in [9.17, 15) is 18.5 Å². The zero-order valence-electron chi connectivity index (χ0n) is 20.1. The molecule has 0 fully saturated rings. The van der Waals surface area contributed by atoms with Crippen LogP contribution in [0, 0.1) is 11.3 Å². The molecule has 188 valence electrons. The molecule has 2 aromatic carbocycles. The zero-order chi connectivity index (χ0) is 26.8. The van der Waals surface area contributed by atoms with Gasteiger partial charge in [0.05, 0.1) is 22.2 Å². The zero-order valence-corrected chi connectivity index (χ0v) is 22.5. The lowest BCUT2D eigenvalue weighted by molar-refractivity contribution is 0.103. The van der Waals surface area contributed by atoms with E-state index in [1.165, 1.54) is 12.3 Å². The third-order valence-corrected chi connectivity index (χ3v) is 7.98. The van der Waals surface area contributed by atoms with E-state index in [2.05, 4.69) is 26.1 Å². The molecule has 0 bridgehead atoms. The molecule has 37 heavy (non-hydrogen) atoms. The maximum atomic E-state index is 13.1. The largest absolute Gasteiger partial charge is 0.306 e. The van der Waals surface area contributed by atoms with Gasteiger partial charge in [-0.05, 0) is 51.1 Å². The Morgan fingerprint density at radius 3 is 2.49 bits per heavy atom. The van der Waals surface area contributed by atoms with Gasteiger partial charge in [0.2, 0.25) is 10.0 Å². The van der Waals surface area contributed by atoms with Gasteiger partial charge in [-0.2, -0.15) is 5.26 Å². The molecular weight excluding hydrogens is 530 g/mol. The molecule has 0 aliphatic rings. The summed E-state index contributed by atoms with van der Waals surface area (Å²) in [6.45, 7) is 5.32. The fourth-order valence-electron chi connectivity index (χ4n) is 3.58. The van der Waals surface area contributed by atoms with Crippen LogP contribution in [0.5, 0.6) is 0 Å². The van der Waals surface area contributed by atoms with Crippen LogP contribution in [0.4, 0.5) is 5.82 Å². The predicted octanol–water partition coefficient (Wildman–Crippen LogP) is 5.73. The Balaban J connectivity index is 1.60. The molecule has 2 aromatic heterocycles. The van der Waals surface area contributed by atoms with Crippen LogP contribution in [0.1, 0.15) is 36.0 Å². The number of hydrogen-bond donors (Lipinski definition) is 2. The molecule has 11 heteroatoms. The first-order valence-electron chi connectivity index (χ1n) is 11.0. The minimum atomic E-state index is -3.78. The van der Waals surface area contributed by atoms with Gasteiger partial charge >= 0.3 is 0 Å². The van der Waals surface area contributed by atoms with Gasteiger partial charge in [0.15, 0.2) is 4.47 Å². The van der Waals surface area contributed by atoms with Gasteiger partial charge in [0, 0.05) is 28.4 Å². The topological polar surface area (TPSA) is 125 Å². The summed E-state index contributed by atoms with van der Waals surface area (Å²) < 4.78 is 28.8. The molecule has 0 unspecified atom stereocenters. The van der Waals surface area contributed by atoms with Crippen molar-refractivity contribution in [3.63, 3.8) is 0 Å². The quantitative estimate of drug-likeness (QED) is 0.315. The standard InChI is InChI=1S/C26H22ClN5O3S2/c1-26(2,3)32-37(34,35)20-10-5-4-9-19(20)18-11-12-21(29-15-18)30-24(33)23-22(31-25(27)36-23)17-8-6-7-16(13-17)14-28/h4-13,15,32H,1-3H3,(H,29,30,33). The summed E-state index contributed by atoms with van der Waals surface area (Å²) in [6, 6.07) is 18.7. The minimum Gasteiger partial charge on any atom is -0.306 e. The summed E-state index contributed by atoms with van der Waals surface area (Å²) in [5.74, 6) is -0.192. The van der Waals surface area contributed by atoms with Gasteiger partial charge < -0.3 is 5.32 Å². The number of aromatic nitrogens is 2. The number of nitrogens with one attached hydrogen (secondary N) is 2. The summed E-state index contributed by atoms with van der Waals surface area (Å²) in [7, 11) is -3.78. The SMILES string of the molecule is CC(C)(C)NS(=O)(=O)c1ccccc1-c1ccc(NC(=O)c2sc(Cl)nc2-c2cccc(C#N)c2)nc1. The molecule has 0 spiro atoms. The Hall–Kier alpha value is -3.62. The van der Waals surface area contributed by atoms with Crippen molar-refractivity contribution >= 4 is 44.7 Å². The lowest BCUT2D eigenvalue weighted by Crippen LogP contribution is -2.40. The second kappa shape index (κ2) is 10.4. The van der Waals surface area contributed by atoms with Crippen LogP contribution in [0.3, 0.4) is 0 Å². The molecule has 2 N–H and O–H groups in total. The lowest BCUT2D eigenvalue weighted by Gasteiger charge is -2.21. The predicted molar refractivity (Wildman–Crippen MR) is 145 cm³/mol. The van der Waals surface area contributed by atoms with Crippen molar-refractivity contribution in [1.29, 1.82) is 5.26 Å². The number of nitriles is 1. The number of hydrogen-bond acceptors (Lipinski definition) is 7. The summed E-state index contributed by atoms with van der Waals surface area (Å²) >= 11 is 7.13. The second-order valence-corrected chi connectivity index (χ2v) is 12.3. The number of thiazole rings is 1. The molecule has 8 nitrogen and oxygen atoms in total. The summed E-state index contributed by atoms with van der Waals surface area (Å²) in [5, 5.41) is 11.9. The minimum absolute atomic E-state index is 0.132. The summed E-state index contributed by atoms with van der Waals surface area (Å²) in [6.07, 6.45) is 1.50. The smallest absolute Gasteiger partial charge is 0.269 e. The number of rotatable bonds is 6. The van der Waals surface area contributed by atoms with Crippen LogP contribution in [0.2, 0.25) is 4.47 Å². The van der Waals surface area contributed by atoms with E-state index >= 15 is 0 Å². The fraction of sp³-hybridized carbons (Fsp3) is 0.154. The van der Waals surface area contributed by atoms with Crippen LogP contribution in [0.15, 0.2) is 71.8 Å². The van der Waals surface area contributed by atoms with Crippen molar-refractivity contribution in [3.05, 3.63) is 81.8 Å². The van der Waals surface area contributed by atoms with Crippen LogP contribution in [0.25, 0.3) is 22.4 Å². The highest BCUT2D eigenvalue weighted by Gasteiger charge is 2.25. The molecule has 0 radical (unpaired) electrons. The average molecular weight is 552 g/mol. The average Bonchev–Trinajstić information content (AvgIpc) is 3.25. The van der Waals surface area contributed by atoms with Crippen LogP contribution in [-0.2, 0) is 10.0 Å². The van der Waals surface area contributed by atoms with Crippen LogP contribution < -0.4 is 10.0 Å². The first kappa shape index (κ1) is 26.4. The Bertz CT molecular complexity index is 1620. The number of carbonyl (C=O) groups excluding carboxylic acids is 1. The summed E-state index contributed by atoms with van der Waals surface area (Å²) in [5.41, 5.74) is 1.81. The second-order valence-electron chi connectivity index (χ2n) is 9.08. The highest BCUT2D eigenvalue weighted by Crippen LogP contribution is 2.32. The Kier molecular flexibility index (Phi) is 7.43. The molecule has 0 saturated carbocycles. The molecule has 0 saturated heterocycles. The number of anilines is 1. The van der Waals surface area contributed by atoms with Gasteiger partial charge in [0.25, 0.3) is 5.91 Å². The number of amides is 1. The van der Waals surface area contributed by atoms with Crippen molar-refractivity contribution in [2.75, 3.05) is 5.32 Å². The van der Waals surface area contributed by atoms with Crippen molar-refractivity contribution in [3.8, 4) is 28.5 Å². The molecule has 0 aliphatic carbocycles. The number of sulfonamides is 1. The monoisotopic (exact) mass is 551 g/mol. The van der Waals surface area contributed by atoms with Gasteiger partial charge in [-0.25, -0.2) is 23.1 Å². The molecule has 4 rings (SSSR count). The van der Waals surface area contributed by atoms with Gasteiger partial charge in [-0.15, -0.1) is 0 Å². The summed E-state index contributed by atoms with van der Waals surface area (Å²) in [4.78, 5) is 22.0. The Morgan fingerprint density at radius 2 is 1.81 bits per heavy atom. The van der Waals surface area contributed by atoms with E-state index in [1.807, 2.05) is 0 Å². The van der Waals surface area contributed by atoms with Crippen molar-refractivity contribution in [2.45, 2.75) is 31.2 Å². The maximum absolute atomic E-state index is 13.1. The number of halogens is 1. The first-order valence-corrected chi connectivity index (χ1v) is 13.7. The maximum Gasteiger partial charge on any atom is 0.269 e. The molecule has 2 heterocycles. The van der Waals surface area contributed by atoms with E-state index in [0.29, 0.717) is 27.9 Å². The number of carbonyl (C=O) groups is 1. The van der Waals surface area contributed by atoms with Gasteiger partial charge in [0.1, 0.15) is 10.7 Å². The van der Waals surface area contributed by atoms with E-state index in [1.54, 1.807) is 75.4 Å². The van der Waals surface area contributed by atoms with Crippen molar-refractivity contribution in [1.82, 2.24) is 14.7 Å². The number of nitrogens with zero attached hydrogens (tertiary/aromatic N) is 3. The molecule has 0 atom stereocenters. The number of pyridine rings is 1. The van der Waals surface area contributed by atoms with Crippen LogP contribution in [-0.4, -0.2) is 29.8 Å². The van der Waals surface area contributed by atoms with Crippen molar-refractivity contribution in [2.24, 2.45) is 0 Å². The van der Waals surface area contributed by atoms with Crippen LogP contribution >= 0.6 is 22.9 Å². The van der Waals surface area contributed by atoms with E-state index in [0.717, 1.165) is 11.3 Å². The Morgan fingerprint density at radius 1 is 1.05 bits per heavy atom. The molecule has 0 aliphatic heterocycles. The Labute approximate surface area is 224 Å². The lowest BCUT2D eigenvalue weighted by atomic mass is 10.1. The van der Waals surface area contributed by atoms with Crippen molar-refractivity contribution < 1.29 is 13.2 Å². The first-order chi connectivity index (χ1) is 17.5. The normalized spacial score (nSPS) is 11.6. The fourth-order valence-corrected chi connectivity index (χ4v) is 6.25. The van der Waals surface area contributed by atoms with E-state index in [4.69, 9.17) is 11.6 Å².